The molecular weight excluding hydrogens is 190 g/mol. The molecule has 78 valence electrons. The van der Waals surface area contributed by atoms with Crippen molar-refractivity contribution >= 4 is 0 Å². The van der Waals surface area contributed by atoms with Crippen LogP contribution in [0.3, 0.4) is 0 Å². The number of ether oxygens (including phenoxy) is 2. The zero-order valence-corrected chi connectivity index (χ0v) is 8.30. The van der Waals surface area contributed by atoms with Gasteiger partial charge in [-0.15, -0.1) is 0 Å². The third-order valence-electron chi connectivity index (χ3n) is 1.58. The van der Waals surface area contributed by atoms with Crippen LogP contribution in [0.25, 0.3) is 0 Å². The lowest BCUT2D eigenvalue weighted by atomic mass is 10.3. The van der Waals surface area contributed by atoms with Crippen LogP contribution in [0.1, 0.15) is 13.8 Å². The molecule has 0 aliphatic heterocycles. The van der Waals surface area contributed by atoms with Crippen molar-refractivity contribution < 1.29 is 18.3 Å². The molecule has 0 saturated carbocycles. The maximum atomic E-state index is 13.1. The third kappa shape index (κ3) is 2.13. The van der Waals surface area contributed by atoms with Crippen molar-refractivity contribution in [3.05, 3.63) is 23.8 Å². The third-order valence-corrected chi connectivity index (χ3v) is 1.58. The van der Waals surface area contributed by atoms with Crippen LogP contribution in [0.4, 0.5) is 8.78 Å². The van der Waals surface area contributed by atoms with E-state index in [0.717, 1.165) is 6.07 Å². The van der Waals surface area contributed by atoms with Gasteiger partial charge in [-0.3, -0.25) is 0 Å². The first kappa shape index (κ1) is 10.8. The molecule has 0 N–H and O–H groups in total. The van der Waals surface area contributed by atoms with E-state index in [2.05, 4.69) is 0 Å². The molecule has 14 heavy (non-hydrogen) atoms. The fourth-order valence-electron chi connectivity index (χ4n) is 1.05. The highest BCUT2D eigenvalue weighted by molar-refractivity contribution is 5.41. The van der Waals surface area contributed by atoms with Crippen LogP contribution in [0, 0.1) is 11.6 Å². The van der Waals surface area contributed by atoms with Crippen molar-refractivity contribution in [2.75, 3.05) is 7.11 Å². The monoisotopic (exact) mass is 202 g/mol. The summed E-state index contributed by atoms with van der Waals surface area (Å²) in [6.07, 6.45) is -0.117. The van der Waals surface area contributed by atoms with E-state index in [1.54, 1.807) is 13.8 Å². The van der Waals surface area contributed by atoms with E-state index in [9.17, 15) is 8.78 Å². The fraction of sp³-hybridized carbons (Fsp3) is 0.400. The second kappa shape index (κ2) is 4.26. The molecule has 4 heteroatoms. The highest BCUT2D eigenvalue weighted by Crippen LogP contribution is 2.32. The lowest BCUT2D eigenvalue weighted by Crippen LogP contribution is -2.07. The van der Waals surface area contributed by atoms with Crippen LogP contribution >= 0.6 is 0 Å². The molecule has 0 atom stereocenters. The van der Waals surface area contributed by atoms with Crippen LogP contribution in [0.15, 0.2) is 12.1 Å². The molecule has 1 rings (SSSR count). The second-order valence-corrected chi connectivity index (χ2v) is 3.06. The van der Waals surface area contributed by atoms with Crippen LogP contribution in [0.2, 0.25) is 0 Å². The van der Waals surface area contributed by atoms with Crippen LogP contribution in [0.5, 0.6) is 11.5 Å². The van der Waals surface area contributed by atoms with E-state index < -0.39 is 11.6 Å². The smallest absolute Gasteiger partial charge is 0.204 e. The van der Waals surface area contributed by atoms with Gasteiger partial charge in [0.1, 0.15) is 0 Å². The molecule has 0 amide bonds. The second-order valence-electron chi connectivity index (χ2n) is 3.06. The number of halogens is 2. The first-order chi connectivity index (χ1) is 6.56. The summed E-state index contributed by atoms with van der Waals surface area (Å²) in [6.45, 7) is 3.58. The Bertz CT molecular complexity index is 324. The Morgan fingerprint density at radius 2 is 1.86 bits per heavy atom. The van der Waals surface area contributed by atoms with E-state index >= 15 is 0 Å². The summed E-state index contributed by atoms with van der Waals surface area (Å²) in [5.74, 6) is -1.95. The van der Waals surface area contributed by atoms with E-state index in [0.29, 0.717) is 0 Å². The van der Waals surface area contributed by atoms with Gasteiger partial charge in [0.05, 0.1) is 13.2 Å². The Morgan fingerprint density at radius 1 is 1.21 bits per heavy atom. The fourth-order valence-corrected chi connectivity index (χ4v) is 1.05. The van der Waals surface area contributed by atoms with Crippen LogP contribution in [-0.2, 0) is 0 Å². The van der Waals surface area contributed by atoms with Gasteiger partial charge in [0.15, 0.2) is 17.3 Å². The maximum absolute atomic E-state index is 13.1. The first-order valence-electron chi connectivity index (χ1n) is 4.25. The zero-order valence-electron chi connectivity index (χ0n) is 8.30. The van der Waals surface area contributed by atoms with Crippen molar-refractivity contribution in [2.24, 2.45) is 0 Å². The van der Waals surface area contributed by atoms with Gasteiger partial charge >= 0.3 is 0 Å². The van der Waals surface area contributed by atoms with Crippen molar-refractivity contribution in [3.8, 4) is 11.5 Å². The molecule has 0 spiro atoms. The van der Waals surface area contributed by atoms with Crippen LogP contribution < -0.4 is 9.47 Å². The van der Waals surface area contributed by atoms with Gasteiger partial charge in [0, 0.05) is 0 Å². The number of benzene rings is 1. The Labute approximate surface area is 81.4 Å². The number of hydrogen-bond donors (Lipinski definition) is 0. The molecule has 0 aliphatic carbocycles. The lowest BCUT2D eigenvalue weighted by Gasteiger charge is -2.13. The maximum Gasteiger partial charge on any atom is 0.204 e. The number of methoxy groups -OCH3 is 1. The zero-order chi connectivity index (χ0) is 10.7. The summed E-state index contributed by atoms with van der Waals surface area (Å²) < 4.78 is 35.9. The topological polar surface area (TPSA) is 18.5 Å². The predicted octanol–water partition coefficient (Wildman–Crippen LogP) is 2.76. The summed E-state index contributed by atoms with van der Waals surface area (Å²) >= 11 is 0. The van der Waals surface area contributed by atoms with Gasteiger partial charge in [0.2, 0.25) is 5.82 Å². The Balaban J connectivity index is 3.10. The summed E-state index contributed by atoms with van der Waals surface area (Å²) in [5, 5.41) is 0. The van der Waals surface area contributed by atoms with E-state index in [4.69, 9.17) is 9.47 Å². The largest absolute Gasteiger partial charge is 0.490 e. The van der Waals surface area contributed by atoms with E-state index in [1.807, 2.05) is 0 Å². The first-order valence-corrected chi connectivity index (χ1v) is 4.25. The Morgan fingerprint density at radius 3 is 2.36 bits per heavy atom. The van der Waals surface area contributed by atoms with Crippen molar-refractivity contribution in [2.45, 2.75) is 20.0 Å². The van der Waals surface area contributed by atoms with Crippen LogP contribution in [-0.4, -0.2) is 13.2 Å². The highest BCUT2D eigenvalue weighted by Gasteiger charge is 2.15. The van der Waals surface area contributed by atoms with Crippen molar-refractivity contribution in [1.82, 2.24) is 0 Å². The van der Waals surface area contributed by atoms with Gasteiger partial charge in [-0.25, -0.2) is 4.39 Å². The summed E-state index contributed by atoms with van der Waals surface area (Å²) in [5.41, 5.74) is 0. The highest BCUT2D eigenvalue weighted by atomic mass is 19.2. The van der Waals surface area contributed by atoms with E-state index in [-0.39, 0.29) is 17.6 Å². The lowest BCUT2D eigenvalue weighted by molar-refractivity contribution is 0.225. The molecule has 1 aromatic rings. The molecule has 0 unspecified atom stereocenters. The molecule has 0 bridgehead atoms. The standard InChI is InChI=1S/C10H12F2O2/c1-6(2)14-8-5-4-7(11)9(12)10(8)13-3/h4-6H,1-3H3. The summed E-state index contributed by atoms with van der Waals surface area (Å²) in [7, 11) is 1.27. The normalized spacial score (nSPS) is 10.4. The molecule has 1 aromatic carbocycles. The average Bonchev–Trinajstić information content (AvgIpc) is 2.11. The number of rotatable bonds is 3. The molecule has 0 fully saturated rings. The SMILES string of the molecule is COc1c(OC(C)C)ccc(F)c1F. The number of hydrogen-bond acceptors (Lipinski definition) is 2. The van der Waals surface area contributed by atoms with Gasteiger partial charge in [-0.05, 0) is 26.0 Å². The Kier molecular flexibility index (Phi) is 3.28. The van der Waals surface area contributed by atoms with Crippen molar-refractivity contribution in [3.63, 3.8) is 0 Å². The van der Waals surface area contributed by atoms with Gasteiger partial charge < -0.3 is 9.47 Å². The van der Waals surface area contributed by atoms with Gasteiger partial charge in [-0.2, -0.15) is 4.39 Å². The minimum atomic E-state index is -1.02. The summed E-state index contributed by atoms with van der Waals surface area (Å²) in [4.78, 5) is 0. The minimum Gasteiger partial charge on any atom is -0.490 e. The molecular formula is C10H12F2O2. The van der Waals surface area contributed by atoms with E-state index in [1.165, 1.54) is 13.2 Å². The average molecular weight is 202 g/mol. The molecule has 0 aromatic heterocycles. The quantitative estimate of drug-likeness (QED) is 0.750. The molecule has 2 nitrogen and oxygen atoms in total. The predicted molar refractivity (Wildman–Crippen MR) is 48.7 cm³/mol. The van der Waals surface area contributed by atoms with Gasteiger partial charge in [0.25, 0.3) is 0 Å². The molecule has 0 aliphatic rings. The van der Waals surface area contributed by atoms with Crippen molar-refractivity contribution in [1.29, 1.82) is 0 Å². The molecule has 0 saturated heterocycles. The molecule has 0 heterocycles. The minimum absolute atomic E-state index is 0.117. The van der Waals surface area contributed by atoms with Gasteiger partial charge in [-0.1, -0.05) is 0 Å². The Hall–Kier alpha value is -1.32. The molecule has 0 radical (unpaired) electrons. The summed E-state index contributed by atoms with van der Waals surface area (Å²) in [6, 6.07) is 2.35.